The number of nitrogens with zero attached hydrogens (tertiary/aromatic N) is 3. The maximum Gasteiger partial charge on any atom is 0.228 e. The fourth-order valence-corrected chi connectivity index (χ4v) is 3.23. The highest BCUT2D eigenvalue weighted by molar-refractivity contribution is 6.33. The zero-order valence-electron chi connectivity index (χ0n) is 14.4. The van der Waals surface area contributed by atoms with Crippen LogP contribution in [-0.2, 0) is 16.1 Å². The third kappa shape index (κ3) is 4.02. The van der Waals surface area contributed by atoms with Gasteiger partial charge < -0.3 is 5.32 Å². The largest absolute Gasteiger partial charge is 0.325 e. The van der Waals surface area contributed by atoms with Gasteiger partial charge in [-0.05, 0) is 38.0 Å². The fourth-order valence-electron chi connectivity index (χ4n) is 2.95. The summed E-state index contributed by atoms with van der Waals surface area (Å²) in [5.41, 5.74) is 2.48. The minimum Gasteiger partial charge on any atom is -0.325 e. The molecule has 0 radical (unpaired) electrons. The van der Waals surface area contributed by atoms with Crippen LogP contribution >= 0.6 is 11.6 Å². The van der Waals surface area contributed by atoms with Crippen LogP contribution in [0, 0.1) is 13.8 Å². The smallest absolute Gasteiger partial charge is 0.228 e. The first kappa shape index (κ1) is 17.5. The molecule has 0 spiro atoms. The number of anilines is 2. The Morgan fingerprint density at radius 3 is 2.76 bits per heavy atom. The molecule has 0 saturated carbocycles. The minimum absolute atomic E-state index is 0.0639. The van der Waals surface area contributed by atoms with Crippen LogP contribution < -0.4 is 10.2 Å². The van der Waals surface area contributed by atoms with Crippen molar-refractivity contribution >= 4 is 34.9 Å². The summed E-state index contributed by atoms with van der Waals surface area (Å²) < 4.78 is 1.85. The second kappa shape index (κ2) is 7.27. The maximum absolute atomic E-state index is 12.5. The average Bonchev–Trinajstić information content (AvgIpc) is 2.95. The summed E-state index contributed by atoms with van der Waals surface area (Å²) in [7, 11) is 0. The van der Waals surface area contributed by atoms with E-state index in [2.05, 4.69) is 10.4 Å². The molecular weight excluding hydrogens is 340 g/mol. The Bertz CT molecular complexity index is 815. The number of carbonyl (C=O) groups excluding carboxylic acids is 2. The second-order valence-electron chi connectivity index (χ2n) is 6.30. The number of carbonyl (C=O) groups is 2. The van der Waals surface area contributed by atoms with Crippen molar-refractivity contribution in [3.8, 4) is 0 Å². The Morgan fingerprint density at radius 1 is 1.20 bits per heavy atom. The number of fused-ring (bicyclic) bond motifs is 1. The Labute approximate surface area is 151 Å². The van der Waals surface area contributed by atoms with Crippen molar-refractivity contribution < 1.29 is 9.59 Å². The van der Waals surface area contributed by atoms with Crippen LogP contribution in [0.25, 0.3) is 0 Å². The van der Waals surface area contributed by atoms with Crippen LogP contribution in [0.2, 0.25) is 5.02 Å². The van der Waals surface area contributed by atoms with E-state index in [1.807, 2.05) is 30.7 Å². The second-order valence-corrected chi connectivity index (χ2v) is 6.70. The van der Waals surface area contributed by atoms with E-state index in [9.17, 15) is 9.59 Å². The molecule has 2 aromatic rings. The summed E-state index contributed by atoms with van der Waals surface area (Å²) in [6.07, 6.45) is 1.14. The van der Waals surface area contributed by atoms with Crippen LogP contribution in [0.15, 0.2) is 24.3 Å². The van der Waals surface area contributed by atoms with Crippen molar-refractivity contribution in [1.29, 1.82) is 0 Å². The van der Waals surface area contributed by atoms with Gasteiger partial charge in [0.2, 0.25) is 11.8 Å². The van der Waals surface area contributed by atoms with E-state index in [0.29, 0.717) is 17.3 Å². The van der Waals surface area contributed by atoms with E-state index in [0.717, 1.165) is 30.0 Å². The summed E-state index contributed by atoms with van der Waals surface area (Å²) in [6.45, 7) is 5.32. The number of aromatic nitrogens is 2. The van der Waals surface area contributed by atoms with Crippen molar-refractivity contribution in [2.75, 3.05) is 16.8 Å². The number of aryl methyl sites for hydroxylation is 3. The summed E-state index contributed by atoms with van der Waals surface area (Å²) in [5.74, 6) is 0.530. The van der Waals surface area contributed by atoms with Crippen LogP contribution in [0.4, 0.5) is 11.5 Å². The van der Waals surface area contributed by atoms with Crippen LogP contribution in [0.5, 0.6) is 0 Å². The average molecular weight is 361 g/mol. The molecule has 2 heterocycles. The Hall–Kier alpha value is -2.34. The molecule has 6 nitrogen and oxygen atoms in total. The van der Waals surface area contributed by atoms with Gasteiger partial charge in [-0.3, -0.25) is 14.5 Å². The van der Waals surface area contributed by atoms with E-state index in [-0.39, 0.29) is 24.7 Å². The molecule has 0 aliphatic carbocycles. The van der Waals surface area contributed by atoms with Crippen LogP contribution in [-0.4, -0.2) is 28.1 Å². The lowest BCUT2D eigenvalue weighted by Gasteiger charge is -2.27. The highest BCUT2D eigenvalue weighted by Crippen LogP contribution is 2.24. The molecule has 0 atom stereocenters. The van der Waals surface area contributed by atoms with Crippen molar-refractivity contribution in [2.45, 2.75) is 39.7 Å². The van der Waals surface area contributed by atoms with Crippen LogP contribution in [0.3, 0.4) is 0 Å². The molecule has 132 valence electrons. The third-order valence-corrected chi connectivity index (χ3v) is 4.49. The number of amides is 2. The normalized spacial score (nSPS) is 13.5. The molecule has 0 unspecified atom stereocenters. The maximum atomic E-state index is 12.5. The molecule has 25 heavy (non-hydrogen) atoms. The van der Waals surface area contributed by atoms with Gasteiger partial charge in [0.1, 0.15) is 5.82 Å². The van der Waals surface area contributed by atoms with E-state index in [1.54, 1.807) is 17.0 Å². The van der Waals surface area contributed by atoms with Crippen molar-refractivity contribution in [1.82, 2.24) is 9.78 Å². The van der Waals surface area contributed by atoms with Crippen molar-refractivity contribution in [2.24, 2.45) is 0 Å². The quantitative estimate of drug-likeness (QED) is 0.909. The minimum atomic E-state index is -0.221. The van der Waals surface area contributed by atoms with Gasteiger partial charge in [0.05, 0.1) is 16.4 Å². The van der Waals surface area contributed by atoms with Gasteiger partial charge in [0.15, 0.2) is 0 Å². The summed E-state index contributed by atoms with van der Waals surface area (Å²) in [6, 6.07) is 7.34. The number of hydrogen-bond donors (Lipinski definition) is 1. The van der Waals surface area contributed by atoms with Gasteiger partial charge in [-0.2, -0.15) is 5.10 Å². The van der Waals surface area contributed by atoms with E-state index in [1.165, 1.54) is 0 Å². The van der Waals surface area contributed by atoms with Gasteiger partial charge in [0.25, 0.3) is 0 Å². The fraction of sp³-hybridized carbons (Fsp3) is 0.389. The van der Waals surface area contributed by atoms with Gasteiger partial charge >= 0.3 is 0 Å². The standard InChI is InChI=1S/C18H21ClN4O2/c1-12-4-5-15(14(19)10-12)20-16(24)6-7-18(25)22-8-3-9-23-17(22)11-13(2)21-23/h4-5,10-11H,3,6-9H2,1-2H3,(H,20,24). The molecule has 1 aromatic heterocycles. The summed E-state index contributed by atoms with van der Waals surface area (Å²) in [4.78, 5) is 26.4. The Morgan fingerprint density at radius 2 is 2.00 bits per heavy atom. The first-order valence-corrected chi connectivity index (χ1v) is 8.72. The van der Waals surface area contributed by atoms with E-state index < -0.39 is 0 Å². The molecule has 1 aliphatic heterocycles. The van der Waals surface area contributed by atoms with Gasteiger partial charge in [0, 0.05) is 32.0 Å². The van der Waals surface area contributed by atoms with E-state index >= 15 is 0 Å². The van der Waals surface area contributed by atoms with Crippen molar-refractivity contribution in [3.05, 3.63) is 40.5 Å². The Balaban J connectivity index is 1.58. The molecule has 1 aliphatic rings. The first-order valence-electron chi connectivity index (χ1n) is 8.35. The highest BCUT2D eigenvalue weighted by Gasteiger charge is 2.24. The first-order chi connectivity index (χ1) is 11.9. The molecule has 0 saturated heterocycles. The Kier molecular flexibility index (Phi) is 5.08. The number of nitrogens with one attached hydrogen (secondary N) is 1. The molecule has 0 bridgehead atoms. The summed E-state index contributed by atoms with van der Waals surface area (Å²) in [5, 5.41) is 7.64. The molecule has 1 N–H and O–H groups in total. The highest BCUT2D eigenvalue weighted by atomic mass is 35.5. The van der Waals surface area contributed by atoms with Crippen LogP contribution in [0.1, 0.15) is 30.5 Å². The predicted octanol–water partition coefficient (Wildman–Crippen LogP) is 3.31. The molecule has 0 fully saturated rings. The molecule has 7 heteroatoms. The third-order valence-electron chi connectivity index (χ3n) is 4.17. The topological polar surface area (TPSA) is 67.2 Å². The SMILES string of the molecule is Cc1ccc(NC(=O)CCC(=O)N2CCCn3nc(C)cc32)c(Cl)c1. The number of benzene rings is 1. The molecule has 3 rings (SSSR count). The van der Waals surface area contributed by atoms with Gasteiger partial charge in [-0.1, -0.05) is 17.7 Å². The lowest BCUT2D eigenvalue weighted by atomic mass is 10.2. The van der Waals surface area contributed by atoms with Gasteiger partial charge in [-0.25, -0.2) is 4.68 Å². The number of halogens is 1. The molecule has 1 aromatic carbocycles. The lowest BCUT2D eigenvalue weighted by molar-refractivity contribution is -0.122. The zero-order valence-corrected chi connectivity index (χ0v) is 15.1. The zero-order chi connectivity index (χ0) is 18.0. The molecular formula is C18H21ClN4O2. The number of hydrogen-bond acceptors (Lipinski definition) is 3. The van der Waals surface area contributed by atoms with Gasteiger partial charge in [-0.15, -0.1) is 0 Å². The lowest BCUT2D eigenvalue weighted by Crippen LogP contribution is -2.37. The molecule has 2 amide bonds. The summed E-state index contributed by atoms with van der Waals surface area (Å²) >= 11 is 6.12. The monoisotopic (exact) mass is 360 g/mol. The van der Waals surface area contributed by atoms with Crippen molar-refractivity contribution in [3.63, 3.8) is 0 Å². The van der Waals surface area contributed by atoms with E-state index in [4.69, 9.17) is 11.6 Å². The number of rotatable bonds is 4. The predicted molar refractivity (Wildman–Crippen MR) is 98.0 cm³/mol.